The SMILES string of the molecule is O=C(O)[C@H](Cc1ccc(O)cc1)N=Cc1c(O)ccc2ccccc12.O=C(O)[C@H](Cc1ccc(O)cc1)N=Cc1c(O)ccc2ccccc12.[O]=[V][O][V]=[O]. The van der Waals surface area contributed by atoms with Crippen LogP contribution in [0.25, 0.3) is 21.5 Å². The second kappa shape index (κ2) is 21.1. The van der Waals surface area contributed by atoms with Crippen LogP contribution in [0.2, 0.25) is 0 Å². The minimum absolute atomic E-state index is 0.0521. The van der Waals surface area contributed by atoms with E-state index < -0.39 is 57.2 Å². The summed E-state index contributed by atoms with van der Waals surface area (Å²) in [4.78, 5) is 31.4. The molecule has 0 aliphatic rings. The van der Waals surface area contributed by atoms with Gasteiger partial charge in [0.05, 0.1) is 0 Å². The summed E-state index contributed by atoms with van der Waals surface area (Å²) in [7, 11) is 0. The second-order valence-corrected chi connectivity index (χ2v) is 13.4. The Morgan fingerprint density at radius 3 is 1.24 bits per heavy atom. The molecule has 0 aromatic heterocycles. The molecule has 0 radical (unpaired) electrons. The Balaban J connectivity index is 0.000000218. The van der Waals surface area contributed by atoms with Gasteiger partial charge in [-0.15, -0.1) is 0 Å². The van der Waals surface area contributed by atoms with Crippen molar-refractivity contribution in [2.75, 3.05) is 0 Å². The number of phenolic OH excluding ortho intramolecular Hbond substituents is 4. The fraction of sp³-hybridized carbons (Fsp3) is 0.100. The molecule has 6 aromatic carbocycles. The normalized spacial score (nSPS) is 11.9. The van der Waals surface area contributed by atoms with Crippen LogP contribution in [0.15, 0.2) is 131 Å². The van der Waals surface area contributed by atoms with Crippen LogP contribution in [0.5, 0.6) is 23.0 Å². The molecule has 55 heavy (non-hydrogen) atoms. The van der Waals surface area contributed by atoms with E-state index in [1.807, 2.05) is 48.5 Å². The molecular formula is C40H34N2O11V2. The van der Waals surface area contributed by atoms with E-state index in [-0.39, 0.29) is 35.8 Å². The molecule has 15 heteroatoms. The van der Waals surface area contributed by atoms with Gasteiger partial charge in [-0.05, 0) is 69.1 Å². The van der Waals surface area contributed by atoms with E-state index >= 15 is 0 Å². The Morgan fingerprint density at radius 2 is 0.909 bits per heavy atom. The van der Waals surface area contributed by atoms with Gasteiger partial charge in [-0.25, -0.2) is 9.59 Å². The van der Waals surface area contributed by atoms with Crippen LogP contribution in [0.4, 0.5) is 0 Å². The summed E-state index contributed by atoms with van der Waals surface area (Å²) in [6.07, 6.45) is 3.21. The quantitative estimate of drug-likeness (QED) is 0.0739. The van der Waals surface area contributed by atoms with Gasteiger partial charge in [0.15, 0.2) is 12.1 Å². The standard InChI is InChI=1S/2C20H17NO4.3O.2V/c2*22-15-8-5-13(6-9-15)11-18(20(24)25)21-12-17-16-4-2-1-3-14(16)7-10-19(17)23;;;;;/h2*1-10,12,18,22-23H,11H2,(H,24,25);;;;;/t2*18-;;;;;/m00...../s1. The Labute approximate surface area is 329 Å². The Kier molecular flexibility index (Phi) is 16.0. The van der Waals surface area contributed by atoms with Gasteiger partial charge < -0.3 is 30.6 Å². The summed E-state index contributed by atoms with van der Waals surface area (Å²) >= 11 is -2.61. The number of benzene rings is 6. The third-order valence-electron chi connectivity index (χ3n) is 8.03. The summed E-state index contributed by atoms with van der Waals surface area (Å²) < 4.78 is 22.4. The predicted octanol–water partition coefficient (Wildman–Crippen LogP) is 6.42. The van der Waals surface area contributed by atoms with Crippen molar-refractivity contribution in [1.29, 1.82) is 0 Å². The van der Waals surface area contributed by atoms with Gasteiger partial charge in [-0.2, -0.15) is 0 Å². The summed E-state index contributed by atoms with van der Waals surface area (Å²) in [6.45, 7) is 0. The molecule has 13 nitrogen and oxygen atoms in total. The number of rotatable bonds is 12. The molecule has 0 amide bonds. The van der Waals surface area contributed by atoms with Crippen molar-refractivity contribution in [3.05, 3.63) is 144 Å². The van der Waals surface area contributed by atoms with Crippen LogP contribution in [0.1, 0.15) is 22.3 Å². The third-order valence-corrected chi connectivity index (χ3v) is 9.10. The zero-order chi connectivity index (χ0) is 39.7. The zero-order valence-corrected chi connectivity index (χ0v) is 31.6. The number of hydrogen-bond acceptors (Lipinski definition) is 11. The summed E-state index contributed by atoms with van der Waals surface area (Å²) in [6, 6.07) is 32.5. The molecule has 0 aliphatic carbocycles. The van der Waals surface area contributed by atoms with Crippen molar-refractivity contribution < 1.29 is 83.3 Å². The molecule has 0 bridgehead atoms. The number of phenols is 4. The number of nitrogens with zero attached hydrogens (tertiary/aromatic N) is 2. The van der Waals surface area contributed by atoms with E-state index in [2.05, 4.69) is 12.6 Å². The molecule has 6 rings (SSSR count). The zero-order valence-electron chi connectivity index (χ0n) is 28.8. The average molecular weight is 821 g/mol. The van der Waals surface area contributed by atoms with E-state index in [0.717, 1.165) is 32.7 Å². The van der Waals surface area contributed by atoms with Gasteiger partial charge in [0.2, 0.25) is 0 Å². The number of carboxylic acids is 2. The first-order chi connectivity index (χ1) is 26.5. The molecule has 280 valence electrons. The van der Waals surface area contributed by atoms with Gasteiger partial charge in [-0.1, -0.05) is 84.9 Å². The average Bonchev–Trinajstić information content (AvgIpc) is 3.18. The van der Waals surface area contributed by atoms with Gasteiger partial charge in [-0.3, -0.25) is 9.98 Å². The number of carbonyl (C=O) groups is 2. The summed E-state index contributed by atoms with van der Waals surface area (Å²) in [5.41, 5.74) is 2.50. The molecule has 0 aliphatic heterocycles. The van der Waals surface area contributed by atoms with Crippen molar-refractivity contribution in [1.82, 2.24) is 0 Å². The van der Waals surface area contributed by atoms with E-state index in [0.29, 0.717) is 11.1 Å². The Hall–Kier alpha value is -5.95. The first-order valence-electron chi connectivity index (χ1n) is 16.3. The van der Waals surface area contributed by atoms with Crippen molar-refractivity contribution in [3.63, 3.8) is 0 Å². The molecule has 0 saturated heterocycles. The van der Waals surface area contributed by atoms with Crippen LogP contribution in [-0.4, -0.2) is 67.1 Å². The monoisotopic (exact) mass is 820 g/mol. The minimum atomic E-state index is -1.30. The number of hydrogen-bond donors (Lipinski definition) is 6. The molecule has 0 heterocycles. The van der Waals surface area contributed by atoms with Crippen LogP contribution >= 0.6 is 0 Å². The van der Waals surface area contributed by atoms with Crippen molar-refractivity contribution in [3.8, 4) is 23.0 Å². The van der Waals surface area contributed by atoms with Gasteiger partial charge in [0.1, 0.15) is 23.0 Å². The van der Waals surface area contributed by atoms with Crippen LogP contribution in [-0.2, 0) is 65.5 Å². The molecule has 2 atom stereocenters. The molecular weight excluding hydrogens is 786 g/mol. The molecule has 0 fully saturated rings. The van der Waals surface area contributed by atoms with E-state index in [1.165, 1.54) is 36.7 Å². The topological polar surface area (TPSA) is 224 Å². The molecule has 0 spiro atoms. The van der Waals surface area contributed by atoms with Gasteiger partial charge in [0, 0.05) is 36.4 Å². The number of carboxylic acid groups (broad SMARTS) is 2. The van der Waals surface area contributed by atoms with E-state index in [9.17, 15) is 47.6 Å². The van der Waals surface area contributed by atoms with Crippen LogP contribution < -0.4 is 0 Å². The summed E-state index contributed by atoms with van der Waals surface area (Å²) in [5, 5.41) is 61.2. The first kappa shape index (κ1) is 41.8. The molecule has 0 unspecified atom stereocenters. The van der Waals surface area contributed by atoms with Crippen LogP contribution in [0, 0.1) is 0 Å². The third kappa shape index (κ3) is 12.6. The molecule has 6 aromatic rings. The Bertz CT molecular complexity index is 2150. The van der Waals surface area contributed by atoms with Crippen molar-refractivity contribution >= 4 is 45.9 Å². The van der Waals surface area contributed by atoms with Gasteiger partial charge in [0.25, 0.3) is 0 Å². The van der Waals surface area contributed by atoms with Crippen LogP contribution in [0.3, 0.4) is 0 Å². The van der Waals surface area contributed by atoms with Crippen molar-refractivity contribution in [2.24, 2.45) is 9.98 Å². The fourth-order valence-corrected chi connectivity index (χ4v) is 5.52. The number of fused-ring (bicyclic) bond motifs is 2. The fourth-order valence-electron chi connectivity index (χ4n) is 5.30. The maximum atomic E-state index is 11.5. The second-order valence-electron chi connectivity index (χ2n) is 11.7. The molecule has 0 saturated carbocycles. The first-order valence-corrected chi connectivity index (χ1v) is 18.6. The predicted molar refractivity (Wildman–Crippen MR) is 195 cm³/mol. The number of aliphatic imine (C=N–C) groups is 2. The van der Waals surface area contributed by atoms with E-state index in [1.54, 1.807) is 48.5 Å². The number of aliphatic carboxylic acids is 2. The number of aromatic hydroxyl groups is 4. The maximum absolute atomic E-state index is 11.5. The summed E-state index contributed by atoms with van der Waals surface area (Å²) in [5.74, 6) is -1.75. The van der Waals surface area contributed by atoms with Crippen molar-refractivity contribution in [2.45, 2.75) is 24.9 Å². The van der Waals surface area contributed by atoms with E-state index in [4.69, 9.17) is 0 Å². The Morgan fingerprint density at radius 1 is 0.545 bits per heavy atom. The van der Waals surface area contributed by atoms with Gasteiger partial charge >= 0.3 is 55.0 Å². The molecule has 6 N–H and O–H groups in total.